The molecule has 2 N–H and O–H groups in total. The number of halogens is 1. The minimum atomic E-state index is -0.247. The summed E-state index contributed by atoms with van der Waals surface area (Å²) >= 11 is 7.36. The predicted molar refractivity (Wildman–Crippen MR) is 88.6 cm³/mol. The molecule has 0 aliphatic carbocycles. The van der Waals surface area contributed by atoms with Crippen LogP contribution in [-0.4, -0.2) is 18.1 Å². The number of amides is 2. The number of nitrogens with zero attached hydrogens (tertiary/aromatic N) is 1. The van der Waals surface area contributed by atoms with E-state index in [9.17, 15) is 4.79 Å². The number of hydrogen-bond donors (Lipinski definition) is 2. The van der Waals surface area contributed by atoms with Gasteiger partial charge < -0.3 is 15.4 Å². The summed E-state index contributed by atoms with van der Waals surface area (Å²) in [4.78, 5) is 17.1. The molecule has 118 valence electrons. The zero-order valence-corrected chi connectivity index (χ0v) is 14.2. The predicted octanol–water partition coefficient (Wildman–Crippen LogP) is 3.93. The second-order valence-electron chi connectivity index (χ2n) is 4.82. The number of methoxy groups -OCH3 is 1. The average Bonchev–Trinajstić information content (AvgIpc) is 2.93. The summed E-state index contributed by atoms with van der Waals surface area (Å²) in [6, 6.07) is 5.01. The largest absolute Gasteiger partial charge is 0.495 e. The van der Waals surface area contributed by atoms with Crippen molar-refractivity contribution >= 4 is 29.0 Å². The highest BCUT2D eigenvalue weighted by Gasteiger charge is 2.16. The first-order valence-corrected chi connectivity index (χ1v) is 8.01. The molecule has 2 aromatic rings. The Balaban J connectivity index is 1.96. The molecule has 0 aromatic carbocycles. The molecule has 2 aromatic heterocycles. The zero-order valence-electron chi connectivity index (χ0n) is 12.6. The second-order valence-corrected chi connectivity index (χ2v) is 6.57. The van der Waals surface area contributed by atoms with Gasteiger partial charge in [0, 0.05) is 16.6 Å². The zero-order chi connectivity index (χ0) is 16.1. The van der Waals surface area contributed by atoms with Crippen LogP contribution in [0.3, 0.4) is 0 Å². The molecular weight excluding hydrogens is 322 g/mol. The van der Waals surface area contributed by atoms with Gasteiger partial charge in [0.15, 0.2) is 0 Å². The first-order valence-electron chi connectivity index (χ1n) is 6.81. The molecule has 22 heavy (non-hydrogen) atoms. The summed E-state index contributed by atoms with van der Waals surface area (Å²) in [5.74, 6) is 0.647. The maximum Gasteiger partial charge on any atom is 0.315 e. The van der Waals surface area contributed by atoms with Crippen LogP contribution in [-0.2, 0) is 0 Å². The van der Waals surface area contributed by atoms with Crippen LogP contribution in [0.15, 0.2) is 30.6 Å². The average molecular weight is 340 g/mol. The number of ether oxygens (including phenoxy) is 1. The van der Waals surface area contributed by atoms with Gasteiger partial charge in [-0.05, 0) is 32.0 Å². The van der Waals surface area contributed by atoms with Gasteiger partial charge in [0.05, 0.1) is 29.7 Å². The molecule has 0 spiro atoms. The number of thiophene rings is 1. The lowest BCUT2D eigenvalue weighted by Crippen LogP contribution is -2.38. The molecule has 7 heteroatoms. The lowest BCUT2D eigenvalue weighted by molar-refractivity contribution is 0.235. The summed E-state index contributed by atoms with van der Waals surface area (Å²) in [5.41, 5.74) is 0.875. The first kappa shape index (κ1) is 16.6. The van der Waals surface area contributed by atoms with Crippen molar-refractivity contribution in [2.24, 2.45) is 0 Å². The van der Waals surface area contributed by atoms with Crippen LogP contribution in [0.25, 0.3) is 0 Å². The Hall–Kier alpha value is -1.79. The molecule has 0 fully saturated rings. The minimum Gasteiger partial charge on any atom is -0.495 e. The third-order valence-corrected chi connectivity index (χ3v) is 4.63. The monoisotopic (exact) mass is 339 g/mol. The van der Waals surface area contributed by atoms with Gasteiger partial charge in [-0.1, -0.05) is 11.6 Å². The van der Waals surface area contributed by atoms with Gasteiger partial charge in [0.1, 0.15) is 5.75 Å². The van der Waals surface area contributed by atoms with Crippen molar-refractivity contribution in [3.63, 3.8) is 0 Å². The maximum atomic E-state index is 12.1. The van der Waals surface area contributed by atoms with E-state index in [1.54, 1.807) is 19.5 Å². The number of pyridine rings is 1. The highest BCUT2D eigenvalue weighted by molar-refractivity contribution is 7.16. The van der Waals surface area contributed by atoms with Crippen molar-refractivity contribution in [2.45, 2.75) is 25.9 Å². The number of carbonyl (C=O) groups is 1. The lowest BCUT2D eigenvalue weighted by atomic mass is 10.1. The third kappa shape index (κ3) is 4.11. The molecule has 0 saturated carbocycles. The highest BCUT2D eigenvalue weighted by atomic mass is 35.5. The Labute approximate surface area is 138 Å². The molecule has 0 saturated heterocycles. The molecule has 2 rings (SSSR count). The van der Waals surface area contributed by atoms with E-state index in [4.69, 9.17) is 16.3 Å². The molecule has 0 aliphatic heterocycles. The first-order chi connectivity index (χ1) is 10.5. The standard InChI is InChI=1S/C15H18ClN3O2S/c1-9(11-6-7-17-8-12(11)21-3)18-15(20)19-10(2)13-4-5-14(16)22-13/h4-10H,1-3H3,(H2,18,19,20)/t9-,10+/m1/s1. The number of carbonyl (C=O) groups excluding carboxylic acids is 1. The number of hydrogen-bond acceptors (Lipinski definition) is 4. The van der Waals surface area contributed by atoms with Crippen molar-refractivity contribution in [3.05, 3.63) is 45.4 Å². The lowest BCUT2D eigenvalue weighted by Gasteiger charge is -2.19. The summed E-state index contributed by atoms with van der Waals surface area (Å²) in [6.07, 6.45) is 3.30. The van der Waals surface area contributed by atoms with Gasteiger partial charge >= 0.3 is 6.03 Å². The van der Waals surface area contributed by atoms with Crippen molar-refractivity contribution in [3.8, 4) is 5.75 Å². The molecular formula is C15H18ClN3O2S. The van der Waals surface area contributed by atoms with Crippen LogP contribution >= 0.6 is 22.9 Å². The van der Waals surface area contributed by atoms with Crippen molar-refractivity contribution in [1.82, 2.24) is 15.6 Å². The van der Waals surface area contributed by atoms with E-state index in [-0.39, 0.29) is 18.1 Å². The summed E-state index contributed by atoms with van der Waals surface area (Å²) in [6.45, 7) is 3.81. The van der Waals surface area contributed by atoms with E-state index in [0.29, 0.717) is 10.1 Å². The Bertz CT molecular complexity index is 647. The van der Waals surface area contributed by atoms with Crippen LogP contribution in [0.2, 0.25) is 4.34 Å². The Morgan fingerprint density at radius 3 is 2.64 bits per heavy atom. The second kappa shape index (κ2) is 7.47. The fourth-order valence-corrected chi connectivity index (χ4v) is 3.13. The number of urea groups is 1. The van der Waals surface area contributed by atoms with Gasteiger partial charge in [-0.3, -0.25) is 4.98 Å². The molecule has 0 radical (unpaired) electrons. The Morgan fingerprint density at radius 1 is 1.27 bits per heavy atom. The van der Waals surface area contributed by atoms with Crippen molar-refractivity contribution in [2.75, 3.05) is 7.11 Å². The van der Waals surface area contributed by atoms with Crippen LogP contribution in [0.5, 0.6) is 5.75 Å². The molecule has 5 nitrogen and oxygen atoms in total. The summed E-state index contributed by atoms with van der Waals surface area (Å²) in [7, 11) is 1.58. The van der Waals surface area contributed by atoms with Crippen molar-refractivity contribution in [1.29, 1.82) is 0 Å². The third-order valence-electron chi connectivity index (χ3n) is 3.22. The molecule has 2 heterocycles. The SMILES string of the molecule is COc1cnccc1[C@@H](C)NC(=O)N[C@@H](C)c1ccc(Cl)s1. The van der Waals surface area contributed by atoms with E-state index in [2.05, 4.69) is 15.6 Å². The Morgan fingerprint density at radius 2 is 2.00 bits per heavy atom. The number of aromatic nitrogens is 1. The van der Waals surface area contributed by atoms with Crippen molar-refractivity contribution < 1.29 is 9.53 Å². The van der Waals surface area contributed by atoms with E-state index < -0.39 is 0 Å². The fraction of sp³-hybridized carbons (Fsp3) is 0.333. The van der Waals surface area contributed by atoms with Crippen LogP contribution in [0, 0.1) is 0 Å². The highest BCUT2D eigenvalue weighted by Crippen LogP contribution is 2.27. The summed E-state index contributed by atoms with van der Waals surface area (Å²) < 4.78 is 5.96. The normalized spacial score (nSPS) is 13.3. The topological polar surface area (TPSA) is 63.2 Å². The fourth-order valence-electron chi connectivity index (χ4n) is 2.06. The van der Waals surface area contributed by atoms with Gasteiger partial charge in [0.2, 0.25) is 0 Å². The molecule has 0 aliphatic rings. The van der Waals surface area contributed by atoms with E-state index in [1.807, 2.05) is 32.0 Å². The molecule has 2 atom stereocenters. The van der Waals surface area contributed by atoms with Gasteiger partial charge in [-0.2, -0.15) is 0 Å². The van der Waals surface area contributed by atoms with Gasteiger partial charge in [-0.25, -0.2) is 4.79 Å². The molecule has 0 unspecified atom stereocenters. The summed E-state index contributed by atoms with van der Waals surface area (Å²) in [5, 5.41) is 5.79. The van der Waals surface area contributed by atoms with E-state index in [0.717, 1.165) is 10.4 Å². The van der Waals surface area contributed by atoms with Crippen LogP contribution < -0.4 is 15.4 Å². The minimum absolute atomic E-state index is 0.107. The Kier molecular flexibility index (Phi) is 5.63. The molecule has 2 amide bonds. The number of nitrogens with one attached hydrogen (secondary N) is 2. The van der Waals surface area contributed by atoms with Crippen LogP contribution in [0.1, 0.15) is 36.4 Å². The quantitative estimate of drug-likeness (QED) is 0.867. The molecule has 0 bridgehead atoms. The van der Waals surface area contributed by atoms with Gasteiger partial charge in [0.25, 0.3) is 0 Å². The number of rotatable bonds is 5. The maximum absolute atomic E-state index is 12.1. The van der Waals surface area contributed by atoms with E-state index in [1.165, 1.54) is 11.3 Å². The van der Waals surface area contributed by atoms with Crippen LogP contribution in [0.4, 0.5) is 4.79 Å². The van der Waals surface area contributed by atoms with Gasteiger partial charge in [-0.15, -0.1) is 11.3 Å². The van der Waals surface area contributed by atoms with E-state index >= 15 is 0 Å². The smallest absolute Gasteiger partial charge is 0.315 e.